The van der Waals surface area contributed by atoms with E-state index in [1.54, 1.807) is 17.0 Å². The molecule has 3 saturated heterocycles. The van der Waals surface area contributed by atoms with Crippen LogP contribution >= 0.6 is 0 Å². The summed E-state index contributed by atoms with van der Waals surface area (Å²) in [6.07, 6.45) is 5.51. The maximum Gasteiger partial charge on any atom is 0.455 e. The number of rotatable bonds is 9. The van der Waals surface area contributed by atoms with E-state index < -0.39 is 13.0 Å². The number of aromatic hydroxyl groups is 1. The summed E-state index contributed by atoms with van der Waals surface area (Å²) < 4.78 is 6.32. The van der Waals surface area contributed by atoms with Crippen LogP contribution in [0.25, 0.3) is 11.6 Å². The van der Waals surface area contributed by atoms with Crippen LogP contribution < -0.4 is 0 Å². The number of fused-ring (bicyclic) bond motifs is 3. The second-order valence-electron chi connectivity index (χ2n) is 14.6. The number of phenols is 1. The highest BCUT2D eigenvalue weighted by Crippen LogP contribution is 2.52. The topological polar surface area (TPSA) is 90.3 Å². The van der Waals surface area contributed by atoms with E-state index in [1.807, 2.05) is 36.4 Å². The summed E-state index contributed by atoms with van der Waals surface area (Å²) in [6.45, 7) is 6.91. The van der Waals surface area contributed by atoms with Gasteiger partial charge in [0, 0.05) is 25.7 Å². The fourth-order valence-electron chi connectivity index (χ4n) is 8.87. The smallest absolute Gasteiger partial charge is 0.455 e. The van der Waals surface area contributed by atoms with E-state index in [0.717, 1.165) is 54.7 Å². The quantitative estimate of drug-likeness (QED) is 0.113. The van der Waals surface area contributed by atoms with Gasteiger partial charge in [-0.15, -0.1) is 0 Å². The molecule has 7 rings (SSSR count). The second-order valence-corrected chi connectivity index (χ2v) is 14.6. The van der Waals surface area contributed by atoms with Crippen LogP contribution in [0.4, 0.5) is 0 Å². The van der Waals surface area contributed by atoms with E-state index in [4.69, 9.17) is 4.65 Å². The summed E-state index contributed by atoms with van der Waals surface area (Å²) >= 11 is 0. The Morgan fingerprint density at radius 1 is 0.939 bits per heavy atom. The Morgan fingerprint density at radius 2 is 1.65 bits per heavy atom. The maximum absolute atomic E-state index is 14.4. The van der Waals surface area contributed by atoms with Crippen LogP contribution in [-0.4, -0.2) is 64.1 Å². The van der Waals surface area contributed by atoms with Crippen molar-refractivity contribution in [3.05, 3.63) is 113 Å². The molecular formula is C41H47BN2O5. The van der Waals surface area contributed by atoms with Crippen molar-refractivity contribution in [2.75, 3.05) is 13.1 Å². The molecule has 3 aromatic carbocycles. The molecule has 254 valence electrons. The second kappa shape index (κ2) is 14.5. The summed E-state index contributed by atoms with van der Waals surface area (Å²) in [5.74, 6) is -0.722. The first-order chi connectivity index (χ1) is 23.8. The Labute approximate surface area is 290 Å². The van der Waals surface area contributed by atoms with Crippen molar-refractivity contribution in [1.29, 1.82) is 0 Å². The fourth-order valence-corrected chi connectivity index (χ4v) is 8.87. The van der Waals surface area contributed by atoms with Gasteiger partial charge < -0.3 is 14.8 Å². The summed E-state index contributed by atoms with van der Waals surface area (Å²) in [5.41, 5.74) is 6.71. The van der Waals surface area contributed by atoms with Crippen LogP contribution in [0, 0.1) is 23.7 Å². The molecule has 4 aliphatic rings. The van der Waals surface area contributed by atoms with E-state index >= 15 is 0 Å². The van der Waals surface area contributed by atoms with Gasteiger partial charge in [-0.3, -0.25) is 19.4 Å². The minimum Gasteiger partial charge on any atom is -0.508 e. The minimum atomic E-state index is -1.00. The molecular weight excluding hydrogens is 611 g/mol. The molecule has 0 aromatic heterocycles. The molecule has 2 amide bonds. The number of benzene rings is 3. The number of nitrogens with zero attached hydrogens (tertiary/aromatic N) is 2. The summed E-state index contributed by atoms with van der Waals surface area (Å²) in [5, 5.41) is 21.2. The van der Waals surface area contributed by atoms with E-state index in [1.165, 1.54) is 11.1 Å². The molecule has 0 saturated carbocycles. The zero-order valence-electron chi connectivity index (χ0n) is 28.6. The number of amides is 2. The monoisotopic (exact) mass is 658 g/mol. The van der Waals surface area contributed by atoms with Crippen LogP contribution in [0.3, 0.4) is 0 Å². The third-order valence-electron chi connectivity index (χ3n) is 11.2. The summed E-state index contributed by atoms with van der Waals surface area (Å²) in [4.78, 5) is 32.6. The third-order valence-corrected chi connectivity index (χ3v) is 11.2. The van der Waals surface area contributed by atoms with Gasteiger partial charge in [-0.25, -0.2) is 0 Å². The van der Waals surface area contributed by atoms with Gasteiger partial charge in [0.25, 0.3) is 0 Å². The SMILES string of the molecule is CC(C)C1=C2[C@@H](CC/C(=C/c3cccc(O)c3)c3ccccc3)OB(O)C[C@@H]2[C@@H]2C(=O)N(C3CCN(Cc4ccccc4)CC3)C(=O)[C@@H]2C1. The molecule has 0 spiro atoms. The molecule has 4 atom stereocenters. The molecule has 3 fully saturated rings. The van der Waals surface area contributed by atoms with E-state index in [0.29, 0.717) is 25.6 Å². The molecule has 7 nitrogen and oxygen atoms in total. The van der Waals surface area contributed by atoms with Gasteiger partial charge in [-0.1, -0.05) is 98.3 Å². The first-order valence-electron chi connectivity index (χ1n) is 18.0. The first-order valence-corrected chi connectivity index (χ1v) is 18.0. The van der Waals surface area contributed by atoms with E-state index in [-0.39, 0.29) is 47.5 Å². The van der Waals surface area contributed by atoms with Crippen molar-refractivity contribution < 1.29 is 24.4 Å². The Kier molecular flexibility index (Phi) is 9.90. The van der Waals surface area contributed by atoms with E-state index in [9.17, 15) is 19.7 Å². The van der Waals surface area contributed by atoms with Crippen molar-refractivity contribution in [2.24, 2.45) is 23.7 Å². The largest absolute Gasteiger partial charge is 0.508 e. The molecule has 0 radical (unpaired) electrons. The Morgan fingerprint density at radius 3 is 2.35 bits per heavy atom. The number of imide groups is 1. The van der Waals surface area contributed by atoms with Crippen LogP contribution in [0.5, 0.6) is 5.75 Å². The summed E-state index contributed by atoms with van der Waals surface area (Å²) in [6, 6.07) is 27.8. The number of carbonyl (C=O) groups excluding carboxylic acids is 2. The molecule has 3 aliphatic heterocycles. The number of hydrogen-bond donors (Lipinski definition) is 2. The highest BCUT2D eigenvalue weighted by atomic mass is 16.5. The lowest BCUT2D eigenvalue weighted by atomic mass is 9.57. The van der Waals surface area contributed by atoms with Gasteiger partial charge >= 0.3 is 7.12 Å². The van der Waals surface area contributed by atoms with Gasteiger partial charge in [0.2, 0.25) is 11.8 Å². The number of allylic oxidation sites excluding steroid dienone is 2. The lowest BCUT2D eigenvalue weighted by Crippen LogP contribution is -2.48. The maximum atomic E-state index is 14.4. The lowest BCUT2D eigenvalue weighted by molar-refractivity contribution is -0.144. The first kappa shape index (κ1) is 33.5. The molecule has 49 heavy (non-hydrogen) atoms. The number of piperidine rings is 1. The number of likely N-dealkylation sites (tertiary alicyclic amines) is 2. The minimum absolute atomic E-state index is 0.0216. The van der Waals surface area contributed by atoms with Gasteiger partial charge in [-0.05, 0) is 90.2 Å². The molecule has 2 N–H and O–H groups in total. The average Bonchev–Trinajstić information content (AvgIpc) is 3.36. The van der Waals surface area contributed by atoms with E-state index in [2.05, 4.69) is 61.2 Å². The van der Waals surface area contributed by atoms with Crippen molar-refractivity contribution >= 4 is 30.6 Å². The zero-order valence-corrected chi connectivity index (χ0v) is 28.6. The van der Waals surface area contributed by atoms with Crippen LogP contribution in [0.1, 0.15) is 62.6 Å². The Balaban J connectivity index is 1.12. The Bertz CT molecular complexity index is 1720. The Hall–Kier alpha value is -3.98. The van der Waals surface area contributed by atoms with Crippen molar-refractivity contribution in [1.82, 2.24) is 9.80 Å². The number of carbonyl (C=O) groups is 2. The summed E-state index contributed by atoms with van der Waals surface area (Å²) in [7, 11) is -1.00. The molecule has 0 bridgehead atoms. The molecule has 3 aromatic rings. The highest BCUT2D eigenvalue weighted by molar-refractivity contribution is 6.43. The normalized spacial score (nSPS) is 25.3. The number of hydrogen-bond acceptors (Lipinski definition) is 6. The predicted octanol–water partition coefficient (Wildman–Crippen LogP) is 6.83. The van der Waals surface area contributed by atoms with Crippen LogP contribution in [-0.2, 0) is 20.8 Å². The standard InChI is InChI=1S/C41H47BN2O5/c1-27(2)34-24-35-39(41(47)44(40(35)46)32-18-20-43(21-19-32)26-28-10-5-3-6-11-28)36-25-42(48)49-37(38(34)36)17-16-31(30-13-7-4-8-14-30)22-29-12-9-15-33(45)23-29/h3-15,22-23,27,32,35-37,39,45,48H,16-21,24-26H2,1-2H3/b31-22-/t35-,36+,37-,39-/m1/s1. The lowest BCUT2D eigenvalue weighted by Gasteiger charge is -2.44. The van der Waals surface area contributed by atoms with Crippen molar-refractivity contribution in [3.8, 4) is 5.75 Å². The average molecular weight is 659 g/mol. The molecule has 3 heterocycles. The van der Waals surface area contributed by atoms with Gasteiger partial charge in [0.1, 0.15) is 5.75 Å². The third kappa shape index (κ3) is 7.05. The molecule has 1 aliphatic carbocycles. The van der Waals surface area contributed by atoms with Crippen LogP contribution in [0.2, 0.25) is 6.32 Å². The number of phenolic OH excluding ortho intramolecular Hbond substituents is 1. The van der Waals surface area contributed by atoms with Gasteiger partial charge in [-0.2, -0.15) is 0 Å². The molecule has 8 heteroatoms. The van der Waals surface area contributed by atoms with Crippen LogP contribution in [0.15, 0.2) is 96.1 Å². The molecule has 0 unspecified atom stereocenters. The van der Waals surface area contributed by atoms with Gasteiger partial charge in [0.15, 0.2) is 0 Å². The zero-order chi connectivity index (χ0) is 34.1. The van der Waals surface area contributed by atoms with Crippen molar-refractivity contribution in [2.45, 2.75) is 71.0 Å². The van der Waals surface area contributed by atoms with Gasteiger partial charge in [0.05, 0.1) is 17.9 Å². The highest BCUT2D eigenvalue weighted by Gasteiger charge is 2.58. The fraction of sp³-hybridized carbons (Fsp3) is 0.415. The van der Waals surface area contributed by atoms with Crippen molar-refractivity contribution in [3.63, 3.8) is 0 Å². The predicted molar refractivity (Wildman–Crippen MR) is 193 cm³/mol.